The highest BCUT2D eigenvalue weighted by atomic mass is 16.3. The van der Waals surface area contributed by atoms with Crippen molar-refractivity contribution in [3.63, 3.8) is 0 Å². The standard InChI is InChI=1S/C46H91NO5/c1-3-5-7-9-11-13-14-15-16-17-18-19-20-21-22-23-24-25-26-27-28-29-30-31-32-34-35-37-39-43(49)45(51)42(41-48)47-46(52)44(50)40-38-36-33-12-10-8-6-4-2/h33,36,42-45,48-51H,3-32,34-35,37-41H2,1-2H3,(H,47,52)/b36-33-. The Hall–Kier alpha value is -0.950. The minimum absolute atomic E-state index is 0.285. The van der Waals surface area contributed by atoms with Gasteiger partial charge in [0.15, 0.2) is 0 Å². The van der Waals surface area contributed by atoms with E-state index in [9.17, 15) is 25.2 Å². The largest absolute Gasteiger partial charge is 0.394 e. The number of allylic oxidation sites excluding steroid dienone is 2. The lowest BCUT2D eigenvalue weighted by molar-refractivity contribution is -0.132. The lowest BCUT2D eigenvalue weighted by atomic mass is 9.99. The van der Waals surface area contributed by atoms with E-state index in [-0.39, 0.29) is 6.42 Å². The molecule has 0 heterocycles. The zero-order valence-corrected chi connectivity index (χ0v) is 34.8. The van der Waals surface area contributed by atoms with Gasteiger partial charge in [-0.3, -0.25) is 4.79 Å². The van der Waals surface area contributed by atoms with Crippen LogP contribution >= 0.6 is 0 Å². The average Bonchev–Trinajstić information content (AvgIpc) is 3.15. The monoisotopic (exact) mass is 738 g/mol. The maximum Gasteiger partial charge on any atom is 0.249 e. The van der Waals surface area contributed by atoms with Crippen LogP contribution in [0, 0.1) is 0 Å². The van der Waals surface area contributed by atoms with Gasteiger partial charge in [0.05, 0.1) is 18.8 Å². The van der Waals surface area contributed by atoms with Gasteiger partial charge < -0.3 is 25.7 Å². The fourth-order valence-electron chi connectivity index (χ4n) is 7.29. The highest BCUT2D eigenvalue weighted by Crippen LogP contribution is 2.17. The van der Waals surface area contributed by atoms with Crippen molar-refractivity contribution in [1.82, 2.24) is 5.32 Å². The van der Waals surface area contributed by atoms with Crippen molar-refractivity contribution in [3.05, 3.63) is 12.2 Å². The number of aliphatic hydroxyl groups is 4. The van der Waals surface area contributed by atoms with Crippen LogP contribution in [0.3, 0.4) is 0 Å². The molecule has 0 aliphatic carbocycles. The minimum Gasteiger partial charge on any atom is -0.394 e. The van der Waals surface area contributed by atoms with Crippen LogP contribution in [0.15, 0.2) is 12.2 Å². The van der Waals surface area contributed by atoms with Crippen molar-refractivity contribution < 1.29 is 25.2 Å². The number of hydrogen-bond acceptors (Lipinski definition) is 5. The number of unbranched alkanes of at least 4 members (excludes halogenated alkanes) is 31. The lowest BCUT2D eigenvalue weighted by Gasteiger charge is -2.27. The summed E-state index contributed by atoms with van der Waals surface area (Å²) in [6.45, 7) is 3.99. The molecule has 0 saturated carbocycles. The zero-order chi connectivity index (χ0) is 38.2. The number of aliphatic hydroxyl groups excluding tert-OH is 4. The maximum absolute atomic E-state index is 12.4. The second-order valence-corrected chi connectivity index (χ2v) is 16.1. The van der Waals surface area contributed by atoms with E-state index in [1.54, 1.807) is 0 Å². The molecule has 310 valence electrons. The lowest BCUT2D eigenvalue weighted by Crippen LogP contribution is -2.53. The van der Waals surface area contributed by atoms with Crippen molar-refractivity contribution in [2.75, 3.05) is 6.61 Å². The van der Waals surface area contributed by atoms with Crippen molar-refractivity contribution in [1.29, 1.82) is 0 Å². The Morgan fingerprint density at radius 1 is 0.462 bits per heavy atom. The minimum atomic E-state index is -1.27. The van der Waals surface area contributed by atoms with Crippen molar-refractivity contribution in [2.24, 2.45) is 0 Å². The van der Waals surface area contributed by atoms with Crippen LogP contribution in [0.1, 0.15) is 245 Å². The van der Waals surface area contributed by atoms with Gasteiger partial charge in [-0.1, -0.05) is 225 Å². The molecule has 0 aromatic carbocycles. The molecule has 1 amide bonds. The van der Waals surface area contributed by atoms with Gasteiger partial charge in [0.2, 0.25) is 5.91 Å². The van der Waals surface area contributed by atoms with E-state index in [1.165, 1.54) is 180 Å². The molecule has 4 atom stereocenters. The quantitative estimate of drug-likeness (QED) is 0.0316. The number of carbonyl (C=O) groups excluding carboxylic acids is 1. The SMILES string of the molecule is CCCCCC/C=C\CCC(O)C(=O)NC(CO)C(O)C(O)CCCCCCCCCCCCCCCCCCCCCCCCCCCCCC. The molecule has 0 fully saturated rings. The van der Waals surface area contributed by atoms with Gasteiger partial charge in [0.25, 0.3) is 0 Å². The first-order valence-corrected chi connectivity index (χ1v) is 23.1. The Balaban J connectivity index is 3.55. The molecule has 0 aromatic rings. The van der Waals surface area contributed by atoms with Crippen molar-refractivity contribution in [3.8, 4) is 0 Å². The van der Waals surface area contributed by atoms with Gasteiger partial charge in [-0.25, -0.2) is 0 Å². The zero-order valence-electron chi connectivity index (χ0n) is 34.8. The van der Waals surface area contributed by atoms with Gasteiger partial charge in [-0.15, -0.1) is 0 Å². The molecule has 0 bridgehead atoms. The van der Waals surface area contributed by atoms with Crippen molar-refractivity contribution in [2.45, 2.75) is 269 Å². The van der Waals surface area contributed by atoms with E-state index in [0.29, 0.717) is 12.8 Å². The molecule has 6 nitrogen and oxygen atoms in total. The molecule has 0 aliphatic rings. The summed E-state index contributed by atoms with van der Waals surface area (Å²) in [7, 11) is 0. The summed E-state index contributed by atoms with van der Waals surface area (Å²) in [6.07, 6.45) is 45.8. The van der Waals surface area contributed by atoms with Crippen LogP contribution < -0.4 is 5.32 Å². The molecule has 0 spiro atoms. The third-order valence-electron chi connectivity index (χ3n) is 11.0. The molecule has 0 aromatic heterocycles. The third-order valence-corrected chi connectivity index (χ3v) is 11.0. The van der Waals surface area contributed by atoms with E-state index in [4.69, 9.17) is 0 Å². The molecule has 0 rings (SSSR count). The second-order valence-electron chi connectivity index (χ2n) is 16.1. The van der Waals surface area contributed by atoms with Gasteiger partial charge in [-0.05, 0) is 32.1 Å². The Bertz CT molecular complexity index is 746. The number of rotatable bonds is 42. The average molecular weight is 738 g/mol. The van der Waals surface area contributed by atoms with Gasteiger partial charge in [0.1, 0.15) is 12.2 Å². The van der Waals surface area contributed by atoms with Crippen molar-refractivity contribution >= 4 is 5.91 Å². The molecular weight excluding hydrogens is 647 g/mol. The smallest absolute Gasteiger partial charge is 0.249 e. The molecule has 0 radical (unpaired) electrons. The fourth-order valence-corrected chi connectivity index (χ4v) is 7.29. The summed E-state index contributed by atoms with van der Waals surface area (Å²) in [5, 5.41) is 43.4. The Kier molecular flexibility index (Phi) is 40.5. The summed E-state index contributed by atoms with van der Waals surface area (Å²) in [5.41, 5.74) is 0. The van der Waals surface area contributed by atoms with E-state index in [2.05, 4.69) is 25.2 Å². The van der Waals surface area contributed by atoms with Crippen LogP contribution in [0.2, 0.25) is 0 Å². The molecule has 0 aliphatic heterocycles. The third kappa shape index (κ3) is 34.8. The summed E-state index contributed by atoms with van der Waals surface area (Å²) < 4.78 is 0. The Morgan fingerprint density at radius 2 is 0.788 bits per heavy atom. The highest BCUT2D eigenvalue weighted by molar-refractivity contribution is 5.80. The Morgan fingerprint density at radius 3 is 1.15 bits per heavy atom. The molecular formula is C46H91NO5. The predicted octanol–water partition coefficient (Wildman–Crippen LogP) is 12.2. The van der Waals surface area contributed by atoms with Gasteiger partial charge in [0, 0.05) is 0 Å². The first kappa shape index (κ1) is 51.0. The number of carbonyl (C=O) groups is 1. The first-order valence-electron chi connectivity index (χ1n) is 23.1. The predicted molar refractivity (Wildman–Crippen MR) is 224 cm³/mol. The summed E-state index contributed by atoms with van der Waals surface area (Å²) in [5.74, 6) is -0.618. The highest BCUT2D eigenvalue weighted by Gasteiger charge is 2.28. The summed E-state index contributed by atoms with van der Waals surface area (Å²) in [4.78, 5) is 12.4. The molecule has 52 heavy (non-hydrogen) atoms. The molecule has 6 heteroatoms. The summed E-state index contributed by atoms with van der Waals surface area (Å²) in [6, 6.07) is -0.995. The van der Waals surface area contributed by atoms with Crippen LogP contribution in [-0.4, -0.2) is 57.3 Å². The van der Waals surface area contributed by atoms with E-state index >= 15 is 0 Å². The molecule has 4 unspecified atom stereocenters. The normalized spacial score (nSPS) is 14.2. The number of hydrogen-bond donors (Lipinski definition) is 5. The summed E-state index contributed by atoms with van der Waals surface area (Å²) >= 11 is 0. The van der Waals surface area contributed by atoms with E-state index < -0.39 is 36.9 Å². The van der Waals surface area contributed by atoms with Crippen LogP contribution in [0.5, 0.6) is 0 Å². The number of nitrogens with one attached hydrogen (secondary N) is 1. The fraction of sp³-hybridized carbons (Fsp3) is 0.935. The molecule has 0 saturated heterocycles. The van der Waals surface area contributed by atoms with Crippen LogP contribution in [-0.2, 0) is 4.79 Å². The van der Waals surface area contributed by atoms with E-state index in [1.807, 2.05) is 6.08 Å². The topological polar surface area (TPSA) is 110 Å². The van der Waals surface area contributed by atoms with E-state index in [0.717, 1.165) is 32.1 Å². The molecule has 5 N–H and O–H groups in total. The Labute approximate surface area is 323 Å². The number of amides is 1. The first-order chi connectivity index (χ1) is 25.5. The van der Waals surface area contributed by atoms with Crippen LogP contribution in [0.4, 0.5) is 0 Å². The van der Waals surface area contributed by atoms with Crippen LogP contribution in [0.25, 0.3) is 0 Å². The second kappa shape index (κ2) is 41.2. The maximum atomic E-state index is 12.4. The van der Waals surface area contributed by atoms with Gasteiger partial charge in [-0.2, -0.15) is 0 Å². The van der Waals surface area contributed by atoms with Gasteiger partial charge >= 0.3 is 0 Å².